The molecule has 7 rings (SSSR count). The van der Waals surface area contributed by atoms with Crippen LogP contribution in [0.4, 0.5) is 0 Å². The molecule has 0 aromatic heterocycles. The van der Waals surface area contributed by atoms with Gasteiger partial charge in [0.25, 0.3) is 0 Å². The van der Waals surface area contributed by atoms with Crippen molar-refractivity contribution in [2.24, 2.45) is 17.8 Å². The summed E-state index contributed by atoms with van der Waals surface area (Å²) in [5.74, 6) is 2.76. The summed E-state index contributed by atoms with van der Waals surface area (Å²) in [6.07, 6.45) is 14.6. The molecule has 4 atom stereocenters. The number of allylic oxidation sites excluding steroid dienone is 2. The fourth-order valence-electron chi connectivity index (χ4n) is 7.15. The van der Waals surface area contributed by atoms with E-state index in [0.717, 1.165) is 86.7 Å². The standard InChI is InChI=1S/C34H38N2O6/c37-31(35-15-3-1-4-16-35)14-11-25-26(10-7-23-8-12-27-29(19-23)41-21-39-27)33(34(38)36-17-5-2-6-18-36)32(25)24-9-13-28-30(20-24)42-22-40-28/h7-14,19-20,25-26,32-33H,1-6,15-18,21-22H2/b10-7+,14-11+. The first-order valence-electron chi connectivity index (χ1n) is 15.4. The van der Waals surface area contributed by atoms with Crippen LogP contribution in [-0.2, 0) is 9.59 Å². The first-order valence-corrected chi connectivity index (χ1v) is 15.4. The van der Waals surface area contributed by atoms with Crippen LogP contribution in [0, 0.1) is 17.8 Å². The third-order valence-electron chi connectivity index (χ3n) is 9.43. The number of hydrogen-bond acceptors (Lipinski definition) is 6. The zero-order valence-electron chi connectivity index (χ0n) is 23.9. The van der Waals surface area contributed by atoms with E-state index in [9.17, 15) is 9.59 Å². The summed E-state index contributed by atoms with van der Waals surface area (Å²) in [4.78, 5) is 31.4. The van der Waals surface area contributed by atoms with E-state index in [1.165, 1.54) is 6.42 Å². The van der Waals surface area contributed by atoms with Gasteiger partial charge in [-0.3, -0.25) is 9.59 Å². The average molecular weight is 571 g/mol. The van der Waals surface area contributed by atoms with Crippen LogP contribution in [0.15, 0.2) is 54.6 Å². The smallest absolute Gasteiger partial charge is 0.246 e. The maximum atomic E-state index is 14.2. The molecular formula is C34H38N2O6. The predicted octanol–water partition coefficient (Wildman–Crippen LogP) is 5.38. The highest BCUT2D eigenvalue weighted by Crippen LogP contribution is 2.56. The monoisotopic (exact) mass is 570 g/mol. The molecule has 2 saturated heterocycles. The van der Waals surface area contributed by atoms with Crippen LogP contribution in [0.1, 0.15) is 55.6 Å². The van der Waals surface area contributed by atoms with E-state index in [4.69, 9.17) is 18.9 Å². The summed E-state index contributed by atoms with van der Waals surface area (Å²) in [6.45, 7) is 3.65. The maximum absolute atomic E-state index is 14.2. The van der Waals surface area contributed by atoms with Crippen molar-refractivity contribution in [3.63, 3.8) is 0 Å². The summed E-state index contributed by atoms with van der Waals surface area (Å²) in [7, 11) is 0. The Labute approximate surface area is 246 Å². The number of likely N-dealkylation sites (tertiary alicyclic amines) is 2. The molecule has 2 amide bonds. The van der Waals surface area contributed by atoms with E-state index in [1.54, 1.807) is 6.08 Å². The number of rotatable bonds is 6. The van der Waals surface area contributed by atoms with E-state index in [0.29, 0.717) is 5.75 Å². The molecule has 2 aromatic carbocycles. The Morgan fingerprint density at radius 2 is 1.29 bits per heavy atom. The molecule has 1 aliphatic carbocycles. The summed E-state index contributed by atoms with van der Waals surface area (Å²) >= 11 is 0. The Morgan fingerprint density at radius 3 is 2.00 bits per heavy atom. The Kier molecular flexibility index (Phi) is 7.53. The number of piperidine rings is 2. The zero-order valence-corrected chi connectivity index (χ0v) is 23.9. The Bertz CT molecular complexity index is 1390. The minimum Gasteiger partial charge on any atom is -0.454 e. The van der Waals surface area contributed by atoms with Gasteiger partial charge in [0.15, 0.2) is 23.0 Å². The van der Waals surface area contributed by atoms with E-state index >= 15 is 0 Å². The molecule has 4 aliphatic heterocycles. The molecular weight excluding hydrogens is 532 g/mol. The molecule has 0 N–H and O–H groups in total. The van der Waals surface area contributed by atoms with E-state index in [2.05, 4.69) is 24.3 Å². The molecule has 4 heterocycles. The Hall–Kier alpha value is -3.94. The van der Waals surface area contributed by atoms with E-state index in [-0.39, 0.29) is 49.1 Å². The Morgan fingerprint density at radius 1 is 0.667 bits per heavy atom. The Balaban J connectivity index is 1.23. The van der Waals surface area contributed by atoms with Crippen molar-refractivity contribution in [2.75, 3.05) is 39.8 Å². The van der Waals surface area contributed by atoms with Crippen molar-refractivity contribution in [1.82, 2.24) is 9.80 Å². The fourth-order valence-corrected chi connectivity index (χ4v) is 7.15. The molecule has 5 aliphatic rings. The van der Waals surface area contributed by atoms with Crippen LogP contribution in [0.2, 0.25) is 0 Å². The number of nitrogens with zero attached hydrogens (tertiary/aromatic N) is 2. The van der Waals surface area contributed by atoms with E-state index < -0.39 is 0 Å². The second kappa shape index (κ2) is 11.7. The number of benzene rings is 2. The van der Waals surface area contributed by atoms with Gasteiger partial charge in [0.05, 0.1) is 5.92 Å². The number of fused-ring (bicyclic) bond motifs is 2. The molecule has 4 unspecified atom stereocenters. The van der Waals surface area contributed by atoms with Gasteiger partial charge in [-0.1, -0.05) is 30.4 Å². The van der Waals surface area contributed by atoms with Gasteiger partial charge < -0.3 is 28.7 Å². The summed E-state index contributed by atoms with van der Waals surface area (Å²) in [6, 6.07) is 11.9. The average Bonchev–Trinajstić information content (AvgIpc) is 3.70. The van der Waals surface area contributed by atoms with Gasteiger partial charge in [0.2, 0.25) is 25.4 Å². The maximum Gasteiger partial charge on any atom is 0.246 e. The molecule has 8 heteroatoms. The second-order valence-electron chi connectivity index (χ2n) is 11.9. The summed E-state index contributed by atoms with van der Waals surface area (Å²) < 4.78 is 22.4. The van der Waals surface area contributed by atoms with Crippen LogP contribution >= 0.6 is 0 Å². The lowest BCUT2D eigenvalue weighted by Crippen LogP contribution is -2.53. The largest absolute Gasteiger partial charge is 0.454 e. The first kappa shape index (κ1) is 26.9. The van der Waals surface area contributed by atoms with Crippen LogP contribution in [0.5, 0.6) is 23.0 Å². The van der Waals surface area contributed by atoms with Gasteiger partial charge in [-0.15, -0.1) is 0 Å². The lowest BCUT2D eigenvalue weighted by atomic mass is 9.53. The summed E-state index contributed by atoms with van der Waals surface area (Å²) in [5.41, 5.74) is 2.03. The third kappa shape index (κ3) is 5.23. The number of carbonyl (C=O) groups is 2. The highest BCUT2D eigenvalue weighted by Gasteiger charge is 2.53. The molecule has 42 heavy (non-hydrogen) atoms. The summed E-state index contributed by atoms with van der Waals surface area (Å²) in [5, 5.41) is 0. The topological polar surface area (TPSA) is 77.5 Å². The van der Waals surface area contributed by atoms with Crippen LogP contribution < -0.4 is 18.9 Å². The molecule has 1 saturated carbocycles. The third-order valence-corrected chi connectivity index (χ3v) is 9.43. The van der Waals surface area contributed by atoms with Gasteiger partial charge in [0, 0.05) is 32.1 Å². The molecule has 0 spiro atoms. The first-order chi connectivity index (χ1) is 20.7. The van der Waals surface area contributed by atoms with Crippen molar-refractivity contribution in [1.29, 1.82) is 0 Å². The number of hydrogen-bond donors (Lipinski definition) is 0. The second-order valence-corrected chi connectivity index (χ2v) is 11.9. The van der Waals surface area contributed by atoms with Crippen molar-refractivity contribution >= 4 is 17.9 Å². The normalized spacial score (nSPS) is 26.6. The molecule has 8 nitrogen and oxygen atoms in total. The predicted molar refractivity (Wildman–Crippen MR) is 157 cm³/mol. The highest BCUT2D eigenvalue weighted by molar-refractivity contribution is 5.88. The van der Waals surface area contributed by atoms with E-state index in [1.807, 2.05) is 40.1 Å². The number of carbonyl (C=O) groups excluding carboxylic acids is 2. The van der Waals surface area contributed by atoms with Gasteiger partial charge in [0.1, 0.15) is 0 Å². The molecule has 3 fully saturated rings. The lowest BCUT2D eigenvalue weighted by Gasteiger charge is -2.51. The number of ether oxygens (including phenoxy) is 4. The minimum absolute atomic E-state index is 0.0249. The molecule has 2 aromatic rings. The lowest BCUT2D eigenvalue weighted by molar-refractivity contribution is -0.144. The van der Waals surface area contributed by atoms with Crippen molar-refractivity contribution in [3.8, 4) is 23.0 Å². The minimum atomic E-state index is -0.242. The van der Waals surface area contributed by atoms with Gasteiger partial charge in [-0.05, 0) is 91.8 Å². The van der Waals surface area contributed by atoms with Gasteiger partial charge >= 0.3 is 0 Å². The molecule has 220 valence electrons. The number of amides is 2. The van der Waals surface area contributed by atoms with Crippen LogP contribution in [0.3, 0.4) is 0 Å². The quantitative estimate of drug-likeness (QED) is 0.434. The van der Waals surface area contributed by atoms with Crippen LogP contribution in [0.25, 0.3) is 6.08 Å². The highest BCUT2D eigenvalue weighted by atomic mass is 16.7. The SMILES string of the molecule is O=C(/C=C/C1C(/C=C/c2ccc3c(c2)OCO3)C(C(=O)N2CCCCC2)C1c1ccc2c(c1)OCO2)N1CCCCC1. The van der Waals surface area contributed by atoms with Crippen molar-refractivity contribution in [3.05, 3.63) is 65.8 Å². The van der Waals surface area contributed by atoms with Gasteiger partial charge in [-0.25, -0.2) is 0 Å². The fraction of sp³-hybridized carbons (Fsp3) is 0.471. The van der Waals surface area contributed by atoms with Crippen molar-refractivity contribution < 1.29 is 28.5 Å². The van der Waals surface area contributed by atoms with Crippen molar-refractivity contribution in [2.45, 2.75) is 44.4 Å². The molecule has 0 radical (unpaired) electrons. The molecule has 0 bridgehead atoms. The van der Waals surface area contributed by atoms with Gasteiger partial charge in [-0.2, -0.15) is 0 Å². The zero-order chi connectivity index (χ0) is 28.5. The van der Waals surface area contributed by atoms with Crippen LogP contribution in [-0.4, -0.2) is 61.4 Å².